The molecule has 19 heavy (non-hydrogen) atoms. The van der Waals surface area contributed by atoms with E-state index in [4.69, 9.17) is 5.73 Å². The maximum Gasteiger partial charge on any atom is 0.259 e. The molecule has 0 radical (unpaired) electrons. The summed E-state index contributed by atoms with van der Waals surface area (Å²) in [6, 6.07) is -0.252. The first kappa shape index (κ1) is 18.4. The second-order valence-electron chi connectivity index (χ2n) is 4.92. The van der Waals surface area contributed by atoms with Crippen LogP contribution in [0.3, 0.4) is 0 Å². The fourth-order valence-corrected chi connectivity index (χ4v) is 3.00. The van der Waals surface area contributed by atoms with Crippen molar-refractivity contribution in [2.45, 2.75) is 38.3 Å². The van der Waals surface area contributed by atoms with Crippen molar-refractivity contribution in [1.82, 2.24) is 14.3 Å². The molecule has 1 heterocycles. The quantitative estimate of drug-likeness (QED) is 0.813. The Hall–Kier alpha value is -0.630. The number of aryl methyl sites for hydroxylation is 2. The summed E-state index contributed by atoms with van der Waals surface area (Å²) in [6.07, 6.45) is 2.21. The minimum atomic E-state index is -3.58. The Kier molecular flexibility index (Phi) is 6.99. The summed E-state index contributed by atoms with van der Waals surface area (Å²) in [5.74, 6) is 1.04. The average Bonchev–Trinajstić information content (AvgIpc) is 2.58. The van der Waals surface area contributed by atoms with Gasteiger partial charge in [-0.05, 0) is 19.3 Å². The first-order valence-electron chi connectivity index (χ1n) is 5.98. The van der Waals surface area contributed by atoms with E-state index < -0.39 is 10.0 Å². The zero-order valence-electron chi connectivity index (χ0n) is 11.8. The third kappa shape index (κ3) is 5.10. The van der Waals surface area contributed by atoms with Crippen LogP contribution in [0.15, 0.2) is 11.2 Å². The van der Waals surface area contributed by atoms with Crippen molar-refractivity contribution in [3.63, 3.8) is 0 Å². The summed E-state index contributed by atoms with van der Waals surface area (Å²) in [5.41, 5.74) is 5.59. The van der Waals surface area contributed by atoms with Crippen molar-refractivity contribution in [2.75, 3.05) is 6.54 Å². The van der Waals surface area contributed by atoms with Crippen LogP contribution in [0.25, 0.3) is 0 Å². The number of nitrogens with zero attached hydrogens (tertiary/aromatic N) is 2. The lowest BCUT2D eigenvalue weighted by Crippen LogP contribution is -2.41. The van der Waals surface area contributed by atoms with E-state index in [0.29, 0.717) is 18.2 Å². The molecule has 0 saturated heterocycles. The van der Waals surface area contributed by atoms with Crippen LogP contribution in [-0.4, -0.2) is 30.6 Å². The van der Waals surface area contributed by atoms with Crippen molar-refractivity contribution in [3.8, 4) is 0 Å². The van der Waals surface area contributed by atoms with Crippen LogP contribution in [0.5, 0.6) is 0 Å². The molecule has 0 aliphatic carbocycles. The predicted molar refractivity (Wildman–Crippen MR) is 77.8 cm³/mol. The van der Waals surface area contributed by atoms with Gasteiger partial charge in [0.2, 0.25) is 0 Å². The Labute approximate surface area is 121 Å². The van der Waals surface area contributed by atoms with Crippen molar-refractivity contribution >= 4 is 22.4 Å². The van der Waals surface area contributed by atoms with Crippen molar-refractivity contribution in [2.24, 2.45) is 18.7 Å². The molecule has 3 N–H and O–H groups in total. The van der Waals surface area contributed by atoms with Gasteiger partial charge >= 0.3 is 0 Å². The molecule has 0 aliphatic rings. The van der Waals surface area contributed by atoms with Gasteiger partial charge in [-0.15, -0.1) is 12.4 Å². The summed E-state index contributed by atoms with van der Waals surface area (Å²) in [6.45, 7) is 6.10. The van der Waals surface area contributed by atoms with Gasteiger partial charge in [0.05, 0.1) is 0 Å². The number of nitrogens with two attached hydrogens (primary N) is 1. The molecular weight excluding hydrogens is 288 g/mol. The number of halogens is 1. The van der Waals surface area contributed by atoms with Gasteiger partial charge in [0.15, 0.2) is 5.03 Å². The molecule has 0 aromatic carbocycles. The monoisotopic (exact) mass is 310 g/mol. The van der Waals surface area contributed by atoms with Crippen LogP contribution >= 0.6 is 12.4 Å². The molecule has 0 spiro atoms. The predicted octanol–water partition coefficient (Wildman–Crippen LogP) is 0.802. The van der Waals surface area contributed by atoms with Crippen LogP contribution in [0.1, 0.15) is 26.1 Å². The molecule has 0 fully saturated rings. The van der Waals surface area contributed by atoms with Gasteiger partial charge < -0.3 is 10.3 Å². The third-order valence-corrected chi connectivity index (χ3v) is 4.12. The van der Waals surface area contributed by atoms with Gasteiger partial charge in [-0.3, -0.25) is 0 Å². The maximum absolute atomic E-state index is 12.1. The lowest BCUT2D eigenvalue weighted by atomic mass is 10.1. The van der Waals surface area contributed by atoms with E-state index in [9.17, 15) is 8.42 Å². The van der Waals surface area contributed by atoms with Crippen LogP contribution in [0.4, 0.5) is 0 Å². The molecule has 0 bridgehead atoms. The van der Waals surface area contributed by atoms with E-state index in [2.05, 4.69) is 9.71 Å². The van der Waals surface area contributed by atoms with Crippen LogP contribution in [0, 0.1) is 12.8 Å². The molecule has 8 heteroatoms. The van der Waals surface area contributed by atoms with Gasteiger partial charge in [-0.2, -0.15) is 0 Å². The Morgan fingerprint density at radius 3 is 2.42 bits per heavy atom. The van der Waals surface area contributed by atoms with E-state index in [1.54, 1.807) is 18.5 Å². The number of imidazole rings is 1. The fourth-order valence-electron chi connectivity index (χ4n) is 1.70. The Bertz CT molecular complexity index is 479. The highest BCUT2D eigenvalue weighted by Crippen LogP contribution is 2.11. The fraction of sp³-hybridized carbons (Fsp3) is 0.727. The standard InChI is InChI=1S/C11H22N4O2S.ClH/c1-8(2)5-10(6-12)14-18(16,17)11-7-15(4)9(3)13-11;/h7-8,10,14H,5-6,12H2,1-4H3;1H. The van der Waals surface area contributed by atoms with Gasteiger partial charge in [0.1, 0.15) is 5.82 Å². The Morgan fingerprint density at radius 2 is 2.05 bits per heavy atom. The largest absolute Gasteiger partial charge is 0.337 e. The molecule has 1 rings (SSSR count). The zero-order valence-corrected chi connectivity index (χ0v) is 13.4. The van der Waals surface area contributed by atoms with Crippen LogP contribution in [0.2, 0.25) is 0 Å². The van der Waals surface area contributed by atoms with Crippen molar-refractivity contribution in [1.29, 1.82) is 0 Å². The molecule has 1 aromatic heterocycles. The summed E-state index contributed by atoms with van der Waals surface area (Å²) in [4.78, 5) is 4.02. The van der Waals surface area contributed by atoms with Gasteiger partial charge in [-0.25, -0.2) is 18.1 Å². The Balaban J connectivity index is 0.00000324. The van der Waals surface area contributed by atoms with E-state index in [1.165, 1.54) is 6.20 Å². The molecule has 6 nitrogen and oxygen atoms in total. The summed E-state index contributed by atoms with van der Waals surface area (Å²) in [5, 5.41) is 0.0460. The highest BCUT2D eigenvalue weighted by Gasteiger charge is 2.22. The van der Waals surface area contributed by atoms with Gasteiger partial charge in [-0.1, -0.05) is 13.8 Å². The topological polar surface area (TPSA) is 90.0 Å². The highest BCUT2D eigenvalue weighted by atomic mass is 35.5. The zero-order chi connectivity index (χ0) is 13.9. The number of nitrogens with one attached hydrogen (secondary N) is 1. The Morgan fingerprint density at radius 1 is 1.47 bits per heavy atom. The van der Waals surface area contributed by atoms with Crippen molar-refractivity contribution in [3.05, 3.63) is 12.0 Å². The smallest absolute Gasteiger partial charge is 0.259 e. The first-order valence-corrected chi connectivity index (χ1v) is 7.47. The summed E-state index contributed by atoms with van der Waals surface area (Å²) < 4.78 is 28.5. The van der Waals surface area contributed by atoms with Crippen LogP contribution in [-0.2, 0) is 17.1 Å². The molecule has 0 aliphatic heterocycles. The normalized spacial score (nSPS) is 13.4. The number of sulfonamides is 1. The van der Waals surface area contributed by atoms with Gasteiger partial charge in [0.25, 0.3) is 10.0 Å². The molecule has 0 saturated carbocycles. The van der Waals surface area contributed by atoms with E-state index >= 15 is 0 Å². The SMILES string of the molecule is Cc1nc(S(=O)(=O)NC(CN)CC(C)C)cn1C.Cl. The number of hydrogen-bond acceptors (Lipinski definition) is 4. The summed E-state index contributed by atoms with van der Waals surface area (Å²) >= 11 is 0. The number of rotatable bonds is 6. The third-order valence-electron chi connectivity index (χ3n) is 2.72. The number of hydrogen-bond donors (Lipinski definition) is 2. The minimum absolute atomic E-state index is 0. The minimum Gasteiger partial charge on any atom is -0.337 e. The molecular formula is C11H23ClN4O2S. The molecule has 112 valence electrons. The molecule has 1 aromatic rings. The second-order valence-corrected chi connectivity index (χ2v) is 6.58. The van der Waals surface area contributed by atoms with E-state index in [0.717, 1.165) is 0 Å². The highest BCUT2D eigenvalue weighted by molar-refractivity contribution is 7.89. The molecule has 1 unspecified atom stereocenters. The maximum atomic E-state index is 12.1. The first-order chi connectivity index (χ1) is 8.26. The van der Waals surface area contributed by atoms with Gasteiger partial charge in [0, 0.05) is 25.8 Å². The average molecular weight is 311 g/mol. The van der Waals surface area contributed by atoms with E-state index in [-0.39, 0.29) is 30.0 Å². The number of aromatic nitrogens is 2. The lowest BCUT2D eigenvalue weighted by Gasteiger charge is -2.17. The van der Waals surface area contributed by atoms with Crippen molar-refractivity contribution < 1.29 is 8.42 Å². The van der Waals surface area contributed by atoms with E-state index in [1.807, 2.05) is 13.8 Å². The van der Waals surface area contributed by atoms with Crippen LogP contribution < -0.4 is 10.5 Å². The molecule has 0 amide bonds. The summed E-state index contributed by atoms with van der Waals surface area (Å²) in [7, 11) is -1.82. The lowest BCUT2D eigenvalue weighted by molar-refractivity contribution is 0.464. The second kappa shape index (κ2) is 7.23. The molecule has 1 atom stereocenters.